The minimum atomic E-state index is -0.379. The van der Waals surface area contributed by atoms with Gasteiger partial charge in [0.05, 0.1) is 17.1 Å². The maximum absolute atomic E-state index is 11.3. The summed E-state index contributed by atoms with van der Waals surface area (Å²) in [5.41, 5.74) is 8.45. The third-order valence-electron chi connectivity index (χ3n) is 5.15. The molecule has 4 N–H and O–H groups in total. The van der Waals surface area contributed by atoms with E-state index in [0.717, 1.165) is 16.6 Å². The van der Waals surface area contributed by atoms with Crippen molar-refractivity contribution >= 4 is 34.3 Å². The Hall–Kier alpha value is -3.71. The molecule has 0 aliphatic heterocycles. The number of hydrogen-bond donors (Lipinski definition) is 3. The average Bonchev–Trinajstić information content (AvgIpc) is 3.20. The second-order valence-corrected chi connectivity index (χ2v) is 8.46. The molecule has 2 heterocycles. The lowest BCUT2D eigenvalue weighted by Crippen LogP contribution is -2.17. The van der Waals surface area contributed by atoms with Crippen LogP contribution in [0.3, 0.4) is 0 Å². The third-order valence-corrected chi connectivity index (χ3v) is 5.39. The normalized spacial score (nSPS) is 11.9. The van der Waals surface area contributed by atoms with Crippen LogP contribution < -0.4 is 10.5 Å². The first-order valence-electron chi connectivity index (χ1n) is 10.6. The van der Waals surface area contributed by atoms with Crippen LogP contribution in [-0.4, -0.2) is 26.6 Å². The first-order chi connectivity index (χ1) is 15.9. The second-order valence-electron chi connectivity index (χ2n) is 8.02. The molecule has 1 unspecified atom stereocenters. The van der Waals surface area contributed by atoms with Gasteiger partial charge < -0.3 is 20.9 Å². The van der Waals surface area contributed by atoms with Crippen molar-refractivity contribution in [2.24, 2.45) is 11.7 Å². The number of halogens is 1. The van der Waals surface area contributed by atoms with Crippen LogP contribution in [0.2, 0.25) is 5.02 Å². The van der Waals surface area contributed by atoms with Gasteiger partial charge in [-0.1, -0.05) is 54.9 Å². The number of nitrogens with one attached hydrogen (secondary N) is 2. The predicted molar refractivity (Wildman–Crippen MR) is 130 cm³/mol. The van der Waals surface area contributed by atoms with Crippen LogP contribution in [0.4, 0.5) is 0 Å². The van der Waals surface area contributed by atoms with Gasteiger partial charge in [-0.05, 0) is 36.6 Å². The Morgan fingerprint density at radius 3 is 2.64 bits per heavy atom. The molecule has 0 fully saturated rings. The highest BCUT2D eigenvalue weighted by atomic mass is 35.5. The molecular weight excluding hydrogens is 438 g/mol. The number of aromatic amines is 1. The van der Waals surface area contributed by atoms with E-state index in [1.807, 2.05) is 55.5 Å². The SMILES string of the molecule is CC(CC(=N)c1nc(-c2ccccc2)nc2[nH]c(COc3cccc(Cl)c3)cc12)CC(N)=O. The summed E-state index contributed by atoms with van der Waals surface area (Å²) >= 11 is 6.04. The lowest BCUT2D eigenvalue weighted by Gasteiger charge is -2.11. The zero-order valence-electron chi connectivity index (χ0n) is 18.1. The number of benzene rings is 2. The number of aromatic nitrogens is 3. The monoisotopic (exact) mass is 461 g/mol. The molecule has 0 spiro atoms. The molecule has 2 aromatic carbocycles. The van der Waals surface area contributed by atoms with Gasteiger partial charge in [-0.25, -0.2) is 9.97 Å². The largest absolute Gasteiger partial charge is 0.487 e. The third kappa shape index (κ3) is 5.56. The van der Waals surface area contributed by atoms with Crippen LogP contribution in [0, 0.1) is 11.3 Å². The smallest absolute Gasteiger partial charge is 0.217 e. The number of nitrogens with zero attached hydrogens (tertiary/aromatic N) is 2. The number of carbonyl (C=O) groups is 1. The molecule has 0 saturated heterocycles. The summed E-state index contributed by atoms with van der Waals surface area (Å²) in [5.74, 6) is 0.736. The molecule has 0 aliphatic carbocycles. The number of primary amides is 1. The fourth-order valence-electron chi connectivity index (χ4n) is 3.67. The van der Waals surface area contributed by atoms with Gasteiger partial charge in [-0.2, -0.15) is 0 Å². The second kappa shape index (κ2) is 9.83. The van der Waals surface area contributed by atoms with Crippen molar-refractivity contribution < 1.29 is 9.53 Å². The number of H-pyrrole nitrogens is 1. The van der Waals surface area contributed by atoms with E-state index < -0.39 is 0 Å². The quantitative estimate of drug-likeness (QED) is 0.299. The molecule has 4 aromatic rings. The van der Waals surface area contributed by atoms with Crippen LogP contribution >= 0.6 is 11.6 Å². The molecular formula is C25H24ClN5O2. The summed E-state index contributed by atoms with van der Waals surface area (Å²) in [6.07, 6.45) is 0.594. The Labute approximate surface area is 196 Å². The van der Waals surface area contributed by atoms with E-state index in [4.69, 9.17) is 37.4 Å². The minimum Gasteiger partial charge on any atom is -0.487 e. The Balaban J connectivity index is 1.68. The van der Waals surface area contributed by atoms with Gasteiger partial charge in [0.2, 0.25) is 5.91 Å². The van der Waals surface area contributed by atoms with Crippen molar-refractivity contribution in [2.75, 3.05) is 0 Å². The number of hydrogen-bond acceptors (Lipinski definition) is 5. The fraction of sp³-hybridized carbons (Fsp3) is 0.200. The number of nitrogens with two attached hydrogens (primary N) is 1. The zero-order chi connectivity index (χ0) is 23.4. The topological polar surface area (TPSA) is 118 Å². The highest BCUT2D eigenvalue weighted by Gasteiger charge is 2.18. The van der Waals surface area contributed by atoms with Gasteiger partial charge >= 0.3 is 0 Å². The Morgan fingerprint density at radius 2 is 1.91 bits per heavy atom. The number of ether oxygens (including phenoxy) is 1. The molecule has 4 rings (SSSR count). The summed E-state index contributed by atoms with van der Waals surface area (Å²) in [6, 6.07) is 18.7. The van der Waals surface area contributed by atoms with Gasteiger partial charge in [0.1, 0.15) is 18.0 Å². The maximum atomic E-state index is 11.3. The van der Waals surface area contributed by atoms with Crippen molar-refractivity contribution in [2.45, 2.75) is 26.4 Å². The maximum Gasteiger partial charge on any atom is 0.217 e. The molecule has 168 valence electrons. The summed E-state index contributed by atoms with van der Waals surface area (Å²) < 4.78 is 5.86. The molecule has 7 nitrogen and oxygen atoms in total. The number of fused-ring (bicyclic) bond motifs is 1. The van der Waals surface area contributed by atoms with Crippen molar-refractivity contribution in [3.8, 4) is 17.1 Å². The molecule has 8 heteroatoms. The van der Waals surface area contributed by atoms with E-state index >= 15 is 0 Å². The Morgan fingerprint density at radius 1 is 1.12 bits per heavy atom. The lowest BCUT2D eigenvalue weighted by molar-refractivity contribution is -0.118. The van der Waals surface area contributed by atoms with Gasteiger partial charge in [0.15, 0.2) is 5.82 Å². The van der Waals surface area contributed by atoms with E-state index in [1.165, 1.54) is 0 Å². The highest BCUT2D eigenvalue weighted by molar-refractivity contribution is 6.30. The molecule has 2 aromatic heterocycles. The summed E-state index contributed by atoms with van der Waals surface area (Å²) in [6.45, 7) is 2.18. The fourth-order valence-corrected chi connectivity index (χ4v) is 3.85. The van der Waals surface area contributed by atoms with Gasteiger partial charge in [-0.3, -0.25) is 4.79 Å². The van der Waals surface area contributed by atoms with Gasteiger partial charge in [0.25, 0.3) is 0 Å². The Bertz CT molecular complexity index is 1300. The van der Waals surface area contributed by atoms with Crippen molar-refractivity contribution in [3.05, 3.63) is 77.1 Å². The molecule has 0 radical (unpaired) electrons. The number of amides is 1. The van der Waals surface area contributed by atoms with Gasteiger partial charge in [-0.15, -0.1) is 0 Å². The predicted octanol–water partition coefficient (Wildman–Crippen LogP) is 5.13. The summed E-state index contributed by atoms with van der Waals surface area (Å²) in [4.78, 5) is 24.0. The van der Waals surface area contributed by atoms with Crippen LogP contribution in [-0.2, 0) is 11.4 Å². The van der Waals surface area contributed by atoms with Gasteiger partial charge in [0, 0.05) is 22.4 Å². The molecule has 1 amide bonds. The minimum absolute atomic E-state index is 0.0650. The van der Waals surface area contributed by atoms with Crippen molar-refractivity contribution in [1.29, 1.82) is 5.41 Å². The van der Waals surface area contributed by atoms with Crippen molar-refractivity contribution in [3.63, 3.8) is 0 Å². The molecule has 1 atom stereocenters. The Kier molecular flexibility index (Phi) is 6.70. The number of rotatable bonds is 9. The van der Waals surface area contributed by atoms with Crippen LogP contribution in [0.25, 0.3) is 22.4 Å². The standard InChI is InChI=1S/C25H24ClN5O2/c1-15(11-22(28)32)10-21(27)23-20-13-18(14-33-19-9-5-8-17(26)12-19)29-25(20)31-24(30-23)16-6-3-2-4-7-16/h2-9,12-13,15,27H,10-11,14H2,1H3,(H2,28,32)(H,29,30,31). The van der Waals surface area contributed by atoms with E-state index in [-0.39, 0.29) is 24.9 Å². The van der Waals surface area contributed by atoms with Crippen molar-refractivity contribution in [1.82, 2.24) is 15.0 Å². The first-order valence-corrected chi connectivity index (χ1v) is 11.0. The zero-order valence-corrected chi connectivity index (χ0v) is 18.9. The van der Waals surface area contributed by atoms with E-state index in [0.29, 0.717) is 40.1 Å². The average molecular weight is 462 g/mol. The lowest BCUT2D eigenvalue weighted by atomic mass is 9.97. The van der Waals surface area contributed by atoms with Crippen LogP contribution in [0.15, 0.2) is 60.7 Å². The summed E-state index contributed by atoms with van der Waals surface area (Å²) in [7, 11) is 0. The van der Waals surface area contributed by atoms with Crippen LogP contribution in [0.1, 0.15) is 31.2 Å². The summed E-state index contributed by atoms with van der Waals surface area (Å²) in [5, 5.41) is 10.0. The highest BCUT2D eigenvalue weighted by Crippen LogP contribution is 2.26. The van der Waals surface area contributed by atoms with E-state index in [9.17, 15) is 4.79 Å². The van der Waals surface area contributed by atoms with E-state index in [2.05, 4.69) is 4.98 Å². The molecule has 0 bridgehead atoms. The number of carbonyl (C=O) groups excluding carboxylic acids is 1. The molecule has 0 aliphatic rings. The molecule has 0 saturated carbocycles. The van der Waals surface area contributed by atoms with Crippen LogP contribution in [0.5, 0.6) is 5.75 Å². The van der Waals surface area contributed by atoms with E-state index in [1.54, 1.807) is 12.1 Å². The molecule has 33 heavy (non-hydrogen) atoms. The first kappa shape index (κ1) is 22.5.